The second kappa shape index (κ2) is 15.1. The number of nitrogens with one attached hydrogen (secondary N) is 1. The summed E-state index contributed by atoms with van der Waals surface area (Å²) in [7, 11) is 0. The van der Waals surface area contributed by atoms with Crippen LogP contribution in [-0.2, 0) is 14.2 Å². The van der Waals surface area contributed by atoms with Crippen LogP contribution >= 0.6 is 11.8 Å². The molecule has 6 heteroatoms. The van der Waals surface area contributed by atoms with Gasteiger partial charge in [0, 0.05) is 13.2 Å². The van der Waals surface area contributed by atoms with Crippen LogP contribution in [-0.4, -0.2) is 57.7 Å². The largest absolute Gasteiger partial charge is 0.379 e. The Morgan fingerprint density at radius 2 is 1.55 bits per heavy atom. The maximum absolute atomic E-state index is 10.9. The van der Waals surface area contributed by atoms with Gasteiger partial charge in [0.1, 0.15) is 0 Å². The third kappa shape index (κ3) is 15.8. The fourth-order valence-corrected chi connectivity index (χ4v) is 1.68. The number of thioether (sulfide) groups is 1. The van der Waals surface area contributed by atoms with Crippen LogP contribution in [0.15, 0.2) is 0 Å². The molecule has 0 bridgehead atoms. The smallest absolute Gasteiger partial charge is 0.278 e. The highest BCUT2D eigenvalue weighted by Gasteiger charge is 1.96. The highest BCUT2D eigenvalue weighted by molar-refractivity contribution is 8.12. The van der Waals surface area contributed by atoms with Gasteiger partial charge in [0.25, 0.3) is 5.24 Å². The van der Waals surface area contributed by atoms with Gasteiger partial charge in [-0.2, -0.15) is 0 Å². The molecule has 0 aliphatic rings. The lowest BCUT2D eigenvalue weighted by atomic mass is 10.1. The normalized spacial score (nSPS) is 11.0. The molecule has 0 spiro atoms. The van der Waals surface area contributed by atoms with Crippen molar-refractivity contribution < 1.29 is 19.0 Å². The Balaban J connectivity index is 3.01. The molecule has 0 radical (unpaired) electrons. The number of amides is 1. The minimum absolute atomic E-state index is 0.0283. The van der Waals surface area contributed by atoms with Crippen LogP contribution in [0.3, 0.4) is 0 Å². The Morgan fingerprint density at radius 3 is 2.10 bits per heavy atom. The standard InChI is InChI=1S/C14H29NO4S/c1-13(2)5-4-7-17-9-11-19-12-10-18-8-6-15-14(16)20-3/h13H,4-12H2,1-3H3,(H,15,16). The van der Waals surface area contributed by atoms with Gasteiger partial charge in [0.15, 0.2) is 0 Å². The zero-order valence-corrected chi connectivity index (χ0v) is 13.8. The van der Waals surface area contributed by atoms with Crippen molar-refractivity contribution in [3.8, 4) is 0 Å². The molecule has 0 aromatic carbocycles. The van der Waals surface area contributed by atoms with Crippen molar-refractivity contribution >= 4 is 17.0 Å². The van der Waals surface area contributed by atoms with Gasteiger partial charge < -0.3 is 19.5 Å². The Hall–Kier alpha value is -0.300. The second-order valence-electron chi connectivity index (χ2n) is 4.79. The molecule has 0 saturated heterocycles. The molecule has 0 fully saturated rings. The lowest BCUT2D eigenvalue weighted by Crippen LogP contribution is -2.23. The molecular weight excluding hydrogens is 278 g/mol. The number of hydrogen-bond donors (Lipinski definition) is 1. The van der Waals surface area contributed by atoms with Crippen molar-refractivity contribution in [2.45, 2.75) is 26.7 Å². The lowest BCUT2D eigenvalue weighted by molar-refractivity contribution is 0.0145. The van der Waals surface area contributed by atoms with E-state index in [0.29, 0.717) is 39.6 Å². The molecule has 0 aliphatic heterocycles. The van der Waals surface area contributed by atoms with E-state index >= 15 is 0 Å². The van der Waals surface area contributed by atoms with Gasteiger partial charge in [0.2, 0.25) is 0 Å². The quantitative estimate of drug-likeness (QED) is 0.530. The molecule has 0 rings (SSSR count). The van der Waals surface area contributed by atoms with Crippen molar-refractivity contribution in [1.29, 1.82) is 0 Å². The minimum atomic E-state index is -0.0283. The lowest BCUT2D eigenvalue weighted by Gasteiger charge is -2.08. The van der Waals surface area contributed by atoms with E-state index in [1.54, 1.807) is 6.26 Å². The molecule has 5 nitrogen and oxygen atoms in total. The molecule has 20 heavy (non-hydrogen) atoms. The fraction of sp³-hybridized carbons (Fsp3) is 0.929. The summed E-state index contributed by atoms with van der Waals surface area (Å²) in [6.45, 7) is 8.66. The van der Waals surface area contributed by atoms with Gasteiger partial charge in [-0.1, -0.05) is 25.6 Å². The Kier molecular flexibility index (Phi) is 14.9. The molecule has 0 saturated carbocycles. The average Bonchev–Trinajstić information content (AvgIpc) is 2.43. The van der Waals surface area contributed by atoms with Gasteiger partial charge in [0.05, 0.1) is 33.0 Å². The first-order chi connectivity index (χ1) is 9.66. The summed E-state index contributed by atoms with van der Waals surface area (Å²) in [6, 6.07) is 0. The van der Waals surface area contributed by atoms with Crippen LogP contribution < -0.4 is 5.32 Å². The van der Waals surface area contributed by atoms with Gasteiger partial charge in [-0.15, -0.1) is 0 Å². The van der Waals surface area contributed by atoms with E-state index in [0.717, 1.165) is 30.7 Å². The maximum atomic E-state index is 10.9. The zero-order valence-electron chi connectivity index (χ0n) is 13.0. The van der Waals surface area contributed by atoms with Crippen LogP contribution in [0.1, 0.15) is 26.7 Å². The molecule has 1 N–H and O–H groups in total. The van der Waals surface area contributed by atoms with E-state index in [1.807, 2.05) is 0 Å². The SMILES string of the molecule is CSC(=O)NCCOCCOCCOCCCC(C)C. The van der Waals surface area contributed by atoms with Gasteiger partial charge in [-0.3, -0.25) is 4.79 Å². The van der Waals surface area contributed by atoms with Crippen molar-refractivity contribution in [3.05, 3.63) is 0 Å². The molecule has 1 amide bonds. The van der Waals surface area contributed by atoms with Crippen LogP contribution in [0.5, 0.6) is 0 Å². The number of rotatable bonds is 13. The van der Waals surface area contributed by atoms with Crippen LogP contribution in [0.4, 0.5) is 4.79 Å². The van der Waals surface area contributed by atoms with Crippen molar-refractivity contribution in [2.24, 2.45) is 5.92 Å². The predicted molar refractivity (Wildman–Crippen MR) is 83.4 cm³/mol. The molecule has 0 unspecified atom stereocenters. The van der Waals surface area contributed by atoms with E-state index in [9.17, 15) is 4.79 Å². The Morgan fingerprint density at radius 1 is 1.00 bits per heavy atom. The zero-order chi connectivity index (χ0) is 15.1. The molecule has 0 aromatic heterocycles. The van der Waals surface area contributed by atoms with E-state index in [2.05, 4.69) is 19.2 Å². The Bertz CT molecular complexity index is 227. The van der Waals surface area contributed by atoms with Crippen LogP contribution in [0, 0.1) is 5.92 Å². The molecule has 0 heterocycles. The van der Waals surface area contributed by atoms with Crippen LogP contribution in [0.25, 0.3) is 0 Å². The van der Waals surface area contributed by atoms with Gasteiger partial charge in [-0.05, 0) is 25.0 Å². The van der Waals surface area contributed by atoms with Gasteiger partial charge in [-0.25, -0.2) is 0 Å². The Labute approximate surface area is 127 Å². The topological polar surface area (TPSA) is 56.8 Å². The first-order valence-corrected chi connectivity index (χ1v) is 8.44. The second-order valence-corrected chi connectivity index (χ2v) is 5.57. The molecule has 0 aliphatic carbocycles. The summed E-state index contributed by atoms with van der Waals surface area (Å²) < 4.78 is 16.1. The maximum Gasteiger partial charge on any atom is 0.278 e. The average molecular weight is 307 g/mol. The summed E-state index contributed by atoms with van der Waals surface area (Å²) >= 11 is 1.16. The van der Waals surface area contributed by atoms with Crippen molar-refractivity contribution in [2.75, 3.05) is 52.4 Å². The minimum Gasteiger partial charge on any atom is -0.379 e. The summed E-state index contributed by atoms with van der Waals surface area (Å²) in [5, 5.41) is 2.68. The number of carbonyl (C=O) groups is 1. The van der Waals surface area contributed by atoms with Crippen LogP contribution in [0.2, 0.25) is 0 Å². The summed E-state index contributed by atoms with van der Waals surface area (Å²) in [5.74, 6) is 0.743. The monoisotopic (exact) mass is 307 g/mol. The predicted octanol–water partition coefficient (Wildman–Crippen LogP) is 2.54. The highest BCUT2D eigenvalue weighted by Crippen LogP contribution is 2.02. The van der Waals surface area contributed by atoms with E-state index in [-0.39, 0.29) is 5.24 Å². The number of ether oxygens (including phenoxy) is 3. The van der Waals surface area contributed by atoms with Crippen molar-refractivity contribution in [3.63, 3.8) is 0 Å². The first kappa shape index (κ1) is 19.7. The number of carbonyl (C=O) groups excluding carboxylic acids is 1. The van der Waals surface area contributed by atoms with E-state index in [1.165, 1.54) is 6.42 Å². The number of hydrogen-bond acceptors (Lipinski definition) is 5. The fourth-order valence-electron chi connectivity index (χ4n) is 1.43. The van der Waals surface area contributed by atoms with Gasteiger partial charge >= 0.3 is 0 Å². The highest BCUT2D eigenvalue weighted by atomic mass is 32.2. The summed E-state index contributed by atoms with van der Waals surface area (Å²) in [5.41, 5.74) is 0. The molecular formula is C14H29NO4S. The summed E-state index contributed by atoms with van der Waals surface area (Å²) in [6.07, 6.45) is 4.07. The van der Waals surface area contributed by atoms with E-state index in [4.69, 9.17) is 14.2 Å². The molecule has 0 atom stereocenters. The molecule has 0 aromatic rings. The third-order valence-electron chi connectivity index (χ3n) is 2.52. The third-order valence-corrected chi connectivity index (χ3v) is 3.03. The van der Waals surface area contributed by atoms with E-state index < -0.39 is 0 Å². The van der Waals surface area contributed by atoms with Crippen molar-refractivity contribution in [1.82, 2.24) is 5.32 Å². The summed E-state index contributed by atoms with van der Waals surface area (Å²) in [4.78, 5) is 10.9. The molecule has 120 valence electrons. The first-order valence-electron chi connectivity index (χ1n) is 7.22.